The Morgan fingerprint density at radius 1 is 1.29 bits per heavy atom. The summed E-state index contributed by atoms with van der Waals surface area (Å²) >= 11 is 0. The molecule has 7 heteroatoms. The van der Waals surface area contributed by atoms with Gasteiger partial charge in [0.05, 0.1) is 19.6 Å². The predicted molar refractivity (Wildman–Crippen MR) is 125 cm³/mol. The molecule has 0 atom stereocenters. The van der Waals surface area contributed by atoms with Gasteiger partial charge in [-0.05, 0) is 44.5 Å². The molecule has 28 heavy (non-hydrogen) atoms. The van der Waals surface area contributed by atoms with Crippen LogP contribution < -0.4 is 5.32 Å². The van der Waals surface area contributed by atoms with E-state index in [1.54, 1.807) is 0 Å². The maximum Gasteiger partial charge on any atom is 0.308 e. The highest BCUT2D eigenvalue weighted by Gasteiger charge is 2.26. The molecule has 0 aromatic heterocycles. The monoisotopic (exact) mass is 502 g/mol. The first-order valence-electron chi connectivity index (χ1n) is 9.94. The smallest absolute Gasteiger partial charge is 0.308 e. The van der Waals surface area contributed by atoms with Gasteiger partial charge in [0.15, 0.2) is 5.96 Å². The fourth-order valence-corrected chi connectivity index (χ4v) is 3.34. The van der Waals surface area contributed by atoms with Gasteiger partial charge in [-0.2, -0.15) is 0 Å². The Morgan fingerprint density at radius 2 is 1.96 bits per heavy atom. The molecule has 1 aromatic carbocycles. The van der Waals surface area contributed by atoms with Crippen LogP contribution in [0.1, 0.15) is 37.8 Å². The van der Waals surface area contributed by atoms with Crippen LogP contribution in [0.3, 0.4) is 0 Å². The molecule has 1 saturated heterocycles. The maximum absolute atomic E-state index is 11.7. The van der Waals surface area contributed by atoms with Gasteiger partial charge in [0.2, 0.25) is 0 Å². The van der Waals surface area contributed by atoms with Crippen molar-refractivity contribution < 1.29 is 9.53 Å². The summed E-state index contributed by atoms with van der Waals surface area (Å²) in [6.45, 7) is 9.38. The molecule has 0 bridgehead atoms. The number of halogens is 1. The predicted octanol–water partition coefficient (Wildman–Crippen LogP) is 3.11. The normalized spacial score (nSPS) is 15.3. The summed E-state index contributed by atoms with van der Waals surface area (Å²) in [6, 6.07) is 8.65. The van der Waals surface area contributed by atoms with E-state index in [-0.39, 0.29) is 35.9 Å². The summed E-state index contributed by atoms with van der Waals surface area (Å²) in [7, 11) is 3.60. The third kappa shape index (κ3) is 7.58. The third-order valence-electron chi connectivity index (χ3n) is 5.06. The highest BCUT2D eigenvalue weighted by molar-refractivity contribution is 14.0. The van der Waals surface area contributed by atoms with Crippen molar-refractivity contribution in [1.29, 1.82) is 0 Å². The summed E-state index contributed by atoms with van der Waals surface area (Å²) in [5.74, 6) is 0.851. The van der Waals surface area contributed by atoms with Gasteiger partial charge < -0.3 is 19.9 Å². The van der Waals surface area contributed by atoms with Crippen LogP contribution in [0.25, 0.3) is 0 Å². The number of benzene rings is 1. The largest absolute Gasteiger partial charge is 0.469 e. The number of piperidine rings is 1. The van der Waals surface area contributed by atoms with E-state index < -0.39 is 0 Å². The molecule has 0 radical (unpaired) electrons. The van der Waals surface area contributed by atoms with Crippen molar-refractivity contribution in [3.05, 3.63) is 35.4 Å². The zero-order valence-electron chi connectivity index (χ0n) is 17.6. The number of carbonyl (C=O) groups excluding carboxylic acids is 1. The van der Waals surface area contributed by atoms with Crippen molar-refractivity contribution >= 4 is 35.9 Å². The molecule has 1 fully saturated rings. The van der Waals surface area contributed by atoms with Crippen LogP contribution in [0, 0.1) is 5.92 Å². The van der Waals surface area contributed by atoms with Crippen molar-refractivity contribution in [2.75, 3.05) is 40.3 Å². The lowest BCUT2D eigenvalue weighted by Gasteiger charge is -2.33. The minimum atomic E-state index is -0.0922. The third-order valence-corrected chi connectivity index (χ3v) is 5.06. The average molecular weight is 502 g/mol. The second kappa shape index (κ2) is 13.0. The van der Waals surface area contributed by atoms with Gasteiger partial charge in [0.25, 0.3) is 0 Å². The van der Waals surface area contributed by atoms with Crippen molar-refractivity contribution in [2.45, 2.75) is 39.8 Å². The van der Waals surface area contributed by atoms with E-state index in [9.17, 15) is 4.79 Å². The minimum absolute atomic E-state index is 0. The first kappa shape index (κ1) is 24.7. The van der Waals surface area contributed by atoms with Crippen LogP contribution >= 0.6 is 24.0 Å². The number of nitrogens with one attached hydrogen (secondary N) is 1. The quantitative estimate of drug-likeness (QED) is 0.269. The van der Waals surface area contributed by atoms with Gasteiger partial charge >= 0.3 is 5.97 Å². The number of methoxy groups -OCH3 is 1. The van der Waals surface area contributed by atoms with Crippen LogP contribution in [0.2, 0.25) is 0 Å². The molecule has 1 N–H and O–H groups in total. The average Bonchev–Trinajstić information content (AvgIpc) is 2.70. The van der Waals surface area contributed by atoms with Crippen LogP contribution in [0.5, 0.6) is 0 Å². The van der Waals surface area contributed by atoms with E-state index in [0.717, 1.165) is 51.5 Å². The SMILES string of the molecule is CCNC(=NCc1cccc(CN(C)CC)c1)N1CCC(C(=O)OC)CC1.I. The van der Waals surface area contributed by atoms with Gasteiger partial charge in [-0.15, -0.1) is 24.0 Å². The Kier molecular flexibility index (Phi) is 11.4. The van der Waals surface area contributed by atoms with E-state index in [2.05, 4.69) is 60.3 Å². The number of carbonyl (C=O) groups is 1. The van der Waals surface area contributed by atoms with Gasteiger partial charge in [0.1, 0.15) is 0 Å². The maximum atomic E-state index is 11.7. The lowest BCUT2D eigenvalue weighted by molar-refractivity contribution is -0.146. The lowest BCUT2D eigenvalue weighted by atomic mass is 9.97. The number of rotatable bonds is 7. The number of esters is 1. The van der Waals surface area contributed by atoms with Crippen LogP contribution in [0.4, 0.5) is 0 Å². The molecule has 0 unspecified atom stereocenters. The van der Waals surface area contributed by atoms with Crippen LogP contribution in [-0.4, -0.2) is 62.1 Å². The summed E-state index contributed by atoms with van der Waals surface area (Å²) in [5, 5.41) is 3.39. The Labute approximate surface area is 186 Å². The standard InChI is InChI=1S/C21H34N4O2.HI/c1-5-22-21(25-12-10-19(11-13-25)20(26)27-4)23-15-17-8-7-9-18(14-17)16-24(3)6-2;/h7-9,14,19H,5-6,10-13,15-16H2,1-4H3,(H,22,23);1H. The summed E-state index contributed by atoms with van der Waals surface area (Å²) in [4.78, 5) is 21.1. The molecule has 2 rings (SSSR count). The number of likely N-dealkylation sites (tertiary alicyclic amines) is 1. The summed E-state index contributed by atoms with van der Waals surface area (Å²) < 4.78 is 4.88. The highest BCUT2D eigenvalue weighted by Crippen LogP contribution is 2.18. The summed E-state index contributed by atoms with van der Waals surface area (Å²) in [5.41, 5.74) is 2.53. The van der Waals surface area contributed by atoms with Gasteiger partial charge in [0, 0.05) is 26.2 Å². The fraction of sp³-hybridized carbons (Fsp3) is 0.619. The molecule has 158 valence electrons. The Balaban J connectivity index is 0.00000392. The molecule has 0 amide bonds. The highest BCUT2D eigenvalue weighted by atomic mass is 127. The van der Waals surface area contributed by atoms with E-state index >= 15 is 0 Å². The Morgan fingerprint density at radius 3 is 2.57 bits per heavy atom. The van der Waals surface area contributed by atoms with E-state index in [1.165, 1.54) is 18.2 Å². The van der Waals surface area contributed by atoms with Gasteiger partial charge in [-0.25, -0.2) is 4.99 Å². The van der Waals surface area contributed by atoms with Crippen molar-refractivity contribution in [3.63, 3.8) is 0 Å². The van der Waals surface area contributed by atoms with Crippen LogP contribution in [0.15, 0.2) is 29.3 Å². The van der Waals surface area contributed by atoms with E-state index in [1.807, 2.05) is 0 Å². The number of hydrogen-bond donors (Lipinski definition) is 1. The number of hydrogen-bond acceptors (Lipinski definition) is 4. The van der Waals surface area contributed by atoms with E-state index in [4.69, 9.17) is 9.73 Å². The zero-order valence-corrected chi connectivity index (χ0v) is 19.9. The lowest BCUT2D eigenvalue weighted by Crippen LogP contribution is -2.46. The van der Waals surface area contributed by atoms with Crippen LogP contribution in [-0.2, 0) is 22.6 Å². The zero-order chi connectivity index (χ0) is 19.6. The number of ether oxygens (including phenoxy) is 1. The van der Waals surface area contributed by atoms with Gasteiger partial charge in [-0.3, -0.25) is 4.79 Å². The fourth-order valence-electron chi connectivity index (χ4n) is 3.34. The molecule has 1 heterocycles. The molecule has 1 aromatic rings. The second-order valence-corrected chi connectivity index (χ2v) is 7.11. The molecule has 6 nitrogen and oxygen atoms in total. The molecule has 0 saturated carbocycles. The first-order valence-corrected chi connectivity index (χ1v) is 9.94. The molecular formula is C21H35IN4O2. The Hall–Kier alpha value is -1.35. The molecular weight excluding hydrogens is 467 g/mol. The number of aliphatic imine (C=N–C) groups is 1. The van der Waals surface area contributed by atoms with Crippen molar-refractivity contribution in [1.82, 2.24) is 15.1 Å². The second-order valence-electron chi connectivity index (χ2n) is 7.11. The number of nitrogens with zero attached hydrogens (tertiary/aromatic N) is 3. The molecule has 1 aliphatic heterocycles. The molecule has 0 spiro atoms. The van der Waals surface area contributed by atoms with Gasteiger partial charge in [-0.1, -0.05) is 31.2 Å². The van der Waals surface area contributed by atoms with Crippen molar-refractivity contribution in [3.8, 4) is 0 Å². The van der Waals surface area contributed by atoms with Crippen molar-refractivity contribution in [2.24, 2.45) is 10.9 Å². The number of guanidine groups is 1. The summed E-state index contributed by atoms with van der Waals surface area (Å²) in [6.07, 6.45) is 1.63. The molecule has 1 aliphatic rings. The van der Waals surface area contributed by atoms with E-state index in [0.29, 0.717) is 6.54 Å². The molecule has 0 aliphatic carbocycles. The topological polar surface area (TPSA) is 57.2 Å². The first-order chi connectivity index (χ1) is 13.1. The minimum Gasteiger partial charge on any atom is -0.469 e. The Bertz CT molecular complexity index is 631.